The number of anilines is 1. The normalized spacial score (nSPS) is 10.5. The third kappa shape index (κ3) is 3.83. The minimum absolute atomic E-state index is 0.900. The van der Waals surface area contributed by atoms with Gasteiger partial charge in [0, 0.05) is 53.5 Å². The number of para-hydroxylation sites is 1. The number of hydrogen-bond donors (Lipinski definition) is 2. The maximum absolute atomic E-state index is 4.55. The molecular weight excluding hydrogens is 346 g/mol. The van der Waals surface area contributed by atoms with Gasteiger partial charge in [0.15, 0.2) is 0 Å². The van der Waals surface area contributed by atoms with Crippen LogP contribution in [-0.2, 0) is 0 Å². The Morgan fingerprint density at radius 2 is 1.68 bits per heavy atom. The van der Waals surface area contributed by atoms with Crippen LogP contribution in [0.3, 0.4) is 0 Å². The molecule has 138 valence electrons. The number of H-pyrrole nitrogens is 1. The maximum Gasteiger partial charge on any atom is 0.0708 e. The standard InChI is InChI=1S/C23H21N5/c1-2-25-20-9-7-17(8-10-20)18-13-24-14-19(16-28-27-15-18)21-11-12-26-23-6-4-3-5-22(21)23/h3-16,25,27H,2H2,1H3. The lowest BCUT2D eigenvalue weighted by atomic mass is 10.0. The van der Waals surface area contributed by atoms with Crippen molar-refractivity contribution in [2.75, 3.05) is 11.9 Å². The number of nitrogens with one attached hydrogen (secondary N) is 2. The summed E-state index contributed by atoms with van der Waals surface area (Å²) in [5.41, 5.74) is 6.04. The lowest BCUT2D eigenvalue weighted by molar-refractivity contribution is 1.05. The topological polar surface area (TPSA) is 66.5 Å². The summed E-state index contributed by atoms with van der Waals surface area (Å²) in [5.74, 6) is 0. The summed E-state index contributed by atoms with van der Waals surface area (Å²) in [6, 6.07) is 18.3. The Balaban J connectivity index is 1.74. The van der Waals surface area contributed by atoms with E-state index in [-0.39, 0.29) is 0 Å². The van der Waals surface area contributed by atoms with Gasteiger partial charge in [0.05, 0.1) is 11.7 Å². The quantitative estimate of drug-likeness (QED) is 0.517. The van der Waals surface area contributed by atoms with E-state index in [1.54, 1.807) is 6.20 Å². The van der Waals surface area contributed by atoms with Gasteiger partial charge in [-0.2, -0.15) is 5.10 Å². The largest absolute Gasteiger partial charge is 0.385 e. The van der Waals surface area contributed by atoms with Crippen LogP contribution in [0.5, 0.6) is 0 Å². The maximum atomic E-state index is 4.55. The second kappa shape index (κ2) is 8.31. The minimum Gasteiger partial charge on any atom is -0.385 e. The molecule has 0 aliphatic rings. The molecule has 0 saturated carbocycles. The smallest absolute Gasteiger partial charge is 0.0708 e. The molecule has 0 spiro atoms. The molecule has 0 fully saturated rings. The molecule has 2 N–H and O–H groups in total. The van der Waals surface area contributed by atoms with Crippen molar-refractivity contribution in [3.05, 3.63) is 85.6 Å². The zero-order valence-corrected chi connectivity index (χ0v) is 15.6. The SMILES string of the molecule is CCNc1ccc(-c2cncc(-c3ccnc4ccccc34)cn[nH]c2)cc1. The van der Waals surface area contributed by atoms with Crippen LogP contribution in [0.1, 0.15) is 6.92 Å². The molecule has 0 atom stereocenters. The molecule has 0 amide bonds. The molecule has 0 saturated heterocycles. The highest BCUT2D eigenvalue weighted by atomic mass is 15.1. The van der Waals surface area contributed by atoms with Crippen molar-refractivity contribution in [1.29, 1.82) is 0 Å². The van der Waals surface area contributed by atoms with Crippen LogP contribution in [0.2, 0.25) is 0 Å². The van der Waals surface area contributed by atoms with Gasteiger partial charge in [-0.25, -0.2) is 0 Å². The second-order valence-corrected chi connectivity index (χ2v) is 6.33. The van der Waals surface area contributed by atoms with Crippen molar-refractivity contribution < 1.29 is 0 Å². The molecule has 2 heterocycles. The summed E-state index contributed by atoms with van der Waals surface area (Å²) in [6.07, 6.45) is 9.12. The zero-order valence-electron chi connectivity index (χ0n) is 15.6. The fourth-order valence-corrected chi connectivity index (χ4v) is 3.11. The number of pyridine rings is 1. The number of fused-ring (bicyclic) bond motifs is 1. The van der Waals surface area contributed by atoms with Crippen LogP contribution < -0.4 is 5.32 Å². The van der Waals surface area contributed by atoms with Gasteiger partial charge in [0.1, 0.15) is 0 Å². The van der Waals surface area contributed by atoms with E-state index in [4.69, 9.17) is 0 Å². The van der Waals surface area contributed by atoms with E-state index in [2.05, 4.69) is 62.7 Å². The van der Waals surface area contributed by atoms with Gasteiger partial charge in [-0.15, -0.1) is 0 Å². The van der Waals surface area contributed by atoms with Crippen molar-refractivity contribution in [3.8, 4) is 22.3 Å². The zero-order chi connectivity index (χ0) is 19.2. The highest BCUT2D eigenvalue weighted by Crippen LogP contribution is 2.26. The summed E-state index contributed by atoms with van der Waals surface area (Å²) >= 11 is 0. The van der Waals surface area contributed by atoms with Crippen LogP contribution in [0.25, 0.3) is 33.2 Å². The van der Waals surface area contributed by atoms with Gasteiger partial charge in [-0.3, -0.25) is 15.1 Å². The highest BCUT2D eigenvalue weighted by Gasteiger charge is 2.04. The van der Waals surface area contributed by atoms with Gasteiger partial charge in [-0.05, 0) is 42.3 Å². The first kappa shape index (κ1) is 17.7. The summed E-state index contributed by atoms with van der Waals surface area (Å²) in [5, 5.41) is 11.7. The Bertz CT molecular complexity index is 1130. The second-order valence-electron chi connectivity index (χ2n) is 6.33. The third-order valence-corrected chi connectivity index (χ3v) is 4.48. The number of hydrogen-bond acceptors (Lipinski definition) is 4. The van der Waals surface area contributed by atoms with E-state index in [9.17, 15) is 0 Å². The van der Waals surface area contributed by atoms with Gasteiger partial charge in [-0.1, -0.05) is 30.3 Å². The molecule has 5 nitrogen and oxygen atoms in total. The third-order valence-electron chi connectivity index (χ3n) is 4.48. The van der Waals surface area contributed by atoms with E-state index in [0.717, 1.165) is 45.4 Å². The van der Waals surface area contributed by atoms with Crippen molar-refractivity contribution in [2.24, 2.45) is 0 Å². The van der Waals surface area contributed by atoms with E-state index >= 15 is 0 Å². The highest BCUT2D eigenvalue weighted by molar-refractivity contribution is 5.93. The molecule has 5 heteroatoms. The van der Waals surface area contributed by atoms with E-state index in [0.29, 0.717) is 0 Å². The molecule has 0 bridgehead atoms. The molecule has 2 aromatic heterocycles. The molecule has 28 heavy (non-hydrogen) atoms. The van der Waals surface area contributed by atoms with E-state index < -0.39 is 0 Å². The van der Waals surface area contributed by atoms with Crippen molar-refractivity contribution in [3.63, 3.8) is 0 Å². The van der Waals surface area contributed by atoms with Gasteiger partial charge in [0.25, 0.3) is 0 Å². The number of aromatic amines is 1. The Labute approximate surface area is 163 Å². The average Bonchev–Trinajstić information content (AvgIpc) is 2.86. The predicted octanol–water partition coefficient (Wildman–Crippen LogP) is 5.24. The van der Waals surface area contributed by atoms with Gasteiger partial charge in [0.2, 0.25) is 0 Å². The van der Waals surface area contributed by atoms with Crippen LogP contribution in [0.15, 0.2) is 85.6 Å². The van der Waals surface area contributed by atoms with Crippen molar-refractivity contribution in [2.45, 2.75) is 6.92 Å². The molecule has 0 unspecified atom stereocenters. The summed E-state index contributed by atoms with van der Waals surface area (Å²) < 4.78 is 0. The van der Waals surface area contributed by atoms with Crippen LogP contribution >= 0.6 is 0 Å². The fraction of sp³-hybridized carbons (Fsp3) is 0.0870. The molecule has 0 aliphatic heterocycles. The van der Waals surface area contributed by atoms with Crippen molar-refractivity contribution in [1.82, 2.24) is 20.2 Å². The van der Waals surface area contributed by atoms with E-state index in [1.165, 1.54) is 0 Å². The first-order valence-electron chi connectivity index (χ1n) is 9.25. The minimum atomic E-state index is 0.900. The molecule has 0 radical (unpaired) electrons. The van der Waals surface area contributed by atoms with Crippen LogP contribution in [0.4, 0.5) is 5.69 Å². The lowest BCUT2D eigenvalue weighted by Crippen LogP contribution is -1.95. The molecule has 4 rings (SSSR count). The first-order chi connectivity index (χ1) is 13.8. The Morgan fingerprint density at radius 3 is 2.54 bits per heavy atom. The summed E-state index contributed by atoms with van der Waals surface area (Å²) in [7, 11) is 0. The Kier molecular flexibility index (Phi) is 5.24. The molecule has 0 aliphatic carbocycles. The first-order valence-corrected chi connectivity index (χ1v) is 9.25. The van der Waals surface area contributed by atoms with E-state index in [1.807, 2.05) is 49.1 Å². The number of aromatic nitrogens is 4. The monoisotopic (exact) mass is 367 g/mol. The van der Waals surface area contributed by atoms with Crippen molar-refractivity contribution >= 4 is 16.6 Å². The Hall–Kier alpha value is -3.73. The number of benzene rings is 2. The van der Waals surface area contributed by atoms with Crippen LogP contribution in [0, 0.1) is 0 Å². The number of nitrogens with zero attached hydrogens (tertiary/aromatic N) is 3. The van der Waals surface area contributed by atoms with Gasteiger partial charge < -0.3 is 5.32 Å². The fourth-order valence-electron chi connectivity index (χ4n) is 3.11. The lowest BCUT2D eigenvalue weighted by Gasteiger charge is -2.04. The van der Waals surface area contributed by atoms with Gasteiger partial charge >= 0.3 is 0 Å². The molecular formula is C23H21N5. The number of rotatable bonds is 4. The summed E-state index contributed by atoms with van der Waals surface area (Å²) in [4.78, 5) is 8.98. The predicted molar refractivity (Wildman–Crippen MR) is 114 cm³/mol. The Morgan fingerprint density at radius 1 is 0.857 bits per heavy atom. The average molecular weight is 367 g/mol. The van der Waals surface area contributed by atoms with Crippen LogP contribution in [-0.4, -0.2) is 26.7 Å². The summed E-state index contributed by atoms with van der Waals surface area (Å²) in [6.45, 7) is 2.98. The molecule has 4 aromatic rings. The molecule has 2 aromatic carbocycles.